The Kier molecular flexibility index (Phi) is 4.43. The van der Waals surface area contributed by atoms with Gasteiger partial charge in [-0.3, -0.25) is 0 Å². The molecule has 1 aromatic carbocycles. The molecule has 0 atom stereocenters. The highest BCUT2D eigenvalue weighted by Gasteiger charge is 2.31. The second-order valence-electron chi connectivity index (χ2n) is 5.34. The van der Waals surface area contributed by atoms with Crippen LogP contribution < -0.4 is 0 Å². The topological polar surface area (TPSA) is 81.4 Å². The minimum absolute atomic E-state index is 0.0650. The molecular weight excluding hydrogens is 276 g/mol. The van der Waals surface area contributed by atoms with Gasteiger partial charge >= 0.3 is 0 Å². The van der Waals surface area contributed by atoms with Gasteiger partial charge in [0.15, 0.2) is 0 Å². The average Bonchev–Trinajstić information content (AvgIpc) is 2.37. The first kappa shape index (κ1) is 15.0. The molecule has 2 rings (SSSR count). The molecule has 1 fully saturated rings. The largest absolute Gasteiger partial charge is 0.393 e. The van der Waals surface area contributed by atoms with Gasteiger partial charge < -0.3 is 5.11 Å². The third-order valence-corrected chi connectivity index (χ3v) is 5.43. The van der Waals surface area contributed by atoms with Crippen molar-refractivity contribution in [3.63, 3.8) is 0 Å². The lowest BCUT2D eigenvalue weighted by Gasteiger charge is -2.34. The van der Waals surface area contributed by atoms with Gasteiger partial charge in [-0.15, -0.1) is 0 Å². The normalized spacial score (nSPS) is 22.3. The number of aliphatic hydroxyl groups excluding tert-OH is 1. The van der Waals surface area contributed by atoms with Crippen molar-refractivity contribution in [1.82, 2.24) is 4.31 Å². The van der Waals surface area contributed by atoms with E-state index in [0.717, 1.165) is 0 Å². The van der Waals surface area contributed by atoms with Crippen LogP contribution in [0.4, 0.5) is 0 Å². The summed E-state index contributed by atoms with van der Waals surface area (Å²) in [5.41, 5.74) is 1.19. The molecule has 0 aromatic heterocycles. The van der Waals surface area contributed by atoms with Crippen LogP contribution in [0.1, 0.15) is 24.0 Å². The fourth-order valence-corrected chi connectivity index (χ4v) is 3.60. The molecule has 0 bridgehead atoms. The molecule has 108 valence electrons. The number of benzene rings is 1. The van der Waals surface area contributed by atoms with E-state index in [1.807, 2.05) is 6.07 Å². The third-order valence-electron chi connectivity index (χ3n) is 3.63. The van der Waals surface area contributed by atoms with Crippen molar-refractivity contribution in [2.24, 2.45) is 5.92 Å². The Morgan fingerprint density at radius 2 is 1.95 bits per heavy atom. The Hall–Kier alpha value is -1.42. The van der Waals surface area contributed by atoms with E-state index in [9.17, 15) is 13.5 Å². The minimum Gasteiger partial charge on any atom is -0.393 e. The summed E-state index contributed by atoms with van der Waals surface area (Å²) in [5.74, 6) is 0.190. The average molecular weight is 294 g/mol. The van der Waals surface area contributed by atoms with Gasteiger partial charge in [-0.05, 0) is 36.5 Å². The van der Waals surface area contributed by atoms with Crippen molar-refractivity contribution in [2.75, 3.05) is 13.6 Å². The first-order valence-corrected chi connectivity index (χ1v) is 8.13. The van der Waals surface area contributed by atoms with Gasteiger partial charge in [0.25, 0.3) is 0 Å². The predicted molar refractivity (Wildman–Crippen MR) is 75.1 cm³/mol. The summed E-state index contributed by atoms with van der Waals surface area (Å²) in [6.45, 7) is 0.454. The molecule has 6 heteroatoms. The second kappa shape index (κ2) is 5.92. The quantitative estimate of drug-likeness (QED) is 0.881. The standard InChI is InChI=1S/C14H18N2O3S/c1-16(9-13-6-14(17)7-13)20(18,19)10-12-4-2-11(8-15)3-5-12/h2-5,13-14,17H,6-7,9-10H2,1H3. The summed E-state index contributed by atoms with van der Waals surface area (Å²) in [5, 5.41) is 17.9. The summed E-state index contributed by atoms with van der Waals surface area (Å²) in [6, 6.07) is 8.57. The zero-order chi connectivity index (χ0) is 14.8. The second-order valence-corrected chi connectivity index (χ2v) is 7.41. The van der Waals surface area contributed by atoms with Gasteiger partial charge in [0.1, 0.15) is 0 Å². The zero-order valence-electron chi connectivity index (χ0n) is 11.4. The number of sulfonamides is 1. The molecule has 0 amide bonds. The van der Waals surface area contributed by atoms with Crippen LogP contribution in [-0.4, -0.2) is 37.5 Å². The smallest absolute Gasteiger partial charge is 0.218 e. The zero-order valence-corrected chi connectivity index (χ0v) is 12.2. The molecule has 1 N–H and O–H groups in total. The summed E-state index contributed by atoms with van der Waals surface area (Å²) < 4.78 is 25.8. The van der Waals surface area contributed by atoms with Crippen LogP contribution in [0.5, 0.6) is 0 Å². The first-order valence-electron chi connectivity index (χ1n) is 6.52. The van der Waals surface area contributed by atoms with Crippen LogP contribution in [0.15, 0.2) is 24.3 Å². The Bertz CT molecular complexity index is 598. The number of nitriles is 1. The number of nitrogens with zero attached hydrogens (tertiary/aromatic N) is 2. The van der Waals surface area contributed by atoms with E-state index in [0.29, 0.717) is 30.5 Å². The number of aliphatic hydroxyl groups is 1. The van der Waals surface area contributed by atoms with E-state index in [1.54, 1.807) is 31.3 Å². The van der Waals surface area contributed by atoms with Gasteiger partial charge in [-0.2, -0.15) is 5.26 Å². The maximum Gasteiger partial charge on any atom is 0.218 e. The van der Waals surface area contributed by atoms with E-state index in [2.05, 4.69) is 0 Å². The Balaban J connectivity index is 1.97. The Labute approximate surface area is 119 Å². The fraction of sp³-hybridized carbons (Fsp3) is 0.500. The molecule has 0 saturated heterocycles. The summed E-state index contributed by atoms with van der Waals surface area (Å²) >= 11 is 0. The molecule has 0 spiro atoms. The van der Waals surface area contributed by atoms with E-state index in [4.69, 9.17) is 5.26 Å². The maximum atomic E-state index is 12.2. The lowest BCUT2D eigenvalue weighted by molar-refractivity contribution is 0.0367. The third kappa shape index (κ3) is 3.57. The van der Waals surface area contributed by atoms with Crippen LogP contribution in [0, 0.1) is 17.2 Å². The van der Waals surface area contributed by atoms with E-state index in [1.165, 1.54) is 4.31 Å². The van der Waals surface area contributed by atoms with E-state index in [-0.39, 0.29) is 17.8 Å². The number of hydrogen-bond donors (Lipinski definition) is 1. The highest BCUT2D eigenvalue weighted by Crippen LogP contribution is 2.28. The molecule has 5 nitrogen and oxygen atoms in total. The van der Waals surface area contributed by atoms with Crippen molar-refractivity contribution >= 4 is 10.0 Å². The van der Waals surface area contributed by atoms with Crippen LogP contribution in [0.25, 0.3) is 0 Å². The number of hydrogen-bond acceptors (Lipinski definition) is 4. The van der Waals surface area contributed by atoms with Crippen molar-refractivity contribution in [2.45, 2.75) is 24.7 Å². The lowest BCUT2D eigenvalue weighted by atomic mass is 9.82. The van der Waals surface area contributed by atoms with Gasteiger partial charge in [0, 0.05) is 13.6 Å². The minimum atomic E-state index is -3.35. The predicted octanol–water partition coefficient (Wildman–Crippen LogP) is 1.09. The Morgan fingerprint density at radius 1 is 1.35 bits per heavy atom. The van der Waals surface area contributed by atoms with Gasteiger partial charge in [-0.25, -0.2) is 12.7 Å². The molecular formula is C14H18N2O3S. The van der Waals surface area contributed by atoms with Gasteiger partial charge in [0.05, 0.1) is 23.5 Å². The highest BCUT2D eigenvalue weighted by molar-refractivity contribution is 7.88. The molecule has 1 aliphatic rings. The molecule has 1 saturated carbocycles. The summed E-state index contributed by atoms with van der Waals surface area (Å²) in [7, 11) is -1.78. The molecule has 20 heavy (non-hydrogen) atoms. The van der Waals surface area contributed by atoms with Crippen molar-refractivity contribution in [3.8, 4) is 6.07 Å². The summed E-state index contributed by atoms with van der Waals surface area (Å²) in [4.78, 5) is 0. The van der Waals surface area contributed by atoms with E-state index < -0.39 is 10.0 Å². The monoisotopic (exact) mass is 294 g/mol. The molecule has 0 heterocycles. The van der Waals surface area contributed by atoms with Crippen molar-refractivity contribution < 1.29 is 13.5 Å². The van der Waals surface area contributed by atoms with Crippen LogP contribution in [0.3, 0.4) is 0 Å². The number of rotatable bonds is 5. The van der Waals surface area contributed by atoms with Gasteiger partial charge in [0.2, 0.25) is 10.0 Å². The van der Waals surface area contributed by atoms with Crippen molar-refractivity contribution in [1.29, 1.82) is 5.26 Å². The molecule has 0 radical (unpaired) electrons. The maximum absolute atomic E-state index is 12.2. The van der Waals surface area contributed by atoms with Crippen LogP contribution in [0.2, 0.25) is 0 Å². The van der Waals surface area contributed by atoms with Crippen molar-refractivity contribution in [3.05, 3.63) is 35.4 Å². The molecule has 0 unspecified atom stereocenters. The van der Waals surface area contributed by atoms with Crippen LogP contribution >= 0.6 is 0 Å². The first-order chi connectivity index (χ1) is 9.40. The van der Waals surface area contributed by atoms with E-state index >= 15 is 0 Å². The summed E-state index contributed by atoms with van der Waals surface area (Å²) in [6.07, 6.45) is 1.09. The van der Waals surface area contributed by atoms with Crippen LogP contribution in [-0.2, 0) is 15.8 Å². The molecule has 1 aromatic rings. The SMILES string of the molecule is CN(CC1CC(O)C1)S(=O)(=O)Cc1ccc(C#N)cc1. The Morgan fingerprint density at radius 3 is 2.45 bits per heavy atom. The molecule has 0 aliphatic heterocycles. The lowest BCUT2D eigenvalue weighted by Crippen LogP contribution is -2.39. The highest BCUT2D eigenvalue weighted by atomic mass is 32.2. The molecule has 1 aliphatic carbocycles. The van der Waals surface area contributed by atoms with Gasteiger partial charge in [-0.1, -0.05) is 12.1 Å². The fourth-order valence-electron chi connectivity index (χ4n) is 2.32.